The van der Waals surface area contributed by atoms with Gasteiger partial charge in [0.2, 0.25) is 5.91 Å². The fraction of sp³-hybridized carbons (Fsp3) is 0.321. The number of ether oxygens (including phenoxy) is 2. The number of hydrogen-bond donors (Lipinski definition) is 1. The van der Waals surface area contributed by atoms with Crippen LogP contribution in [0.25, 0.3) is 0 Å². The molecular weight excluding hydrogens is 508 g/mol. The maximum absolute atomic E-state index is 13.6. The summed E-state index contributed by atoms with van der Waals surface area (Å²) in [5.74, 6) is 0.915. The third-order valence-corrected chi connectivity index (χ3v) is 8.06. The van der Waals surface area contributed by atoms with Crippen molar-refractivity contribution in [3.63, 3.8) is 0 Å². The quantitative estimate of drug-likeness (QED) is 0.224. The molecule has 0 saturated carbocycles. The van der Waals surface area contributed by atoms with Crippen molar-refractivity contribution in [1.29, 1.82) is 0 Å². The molecule has 0 aliphatic carbocycles. The third kappa shape index (κ3) is 8.16. The molecule has 0 radical (unpaired) electrons. The fourth-order valence-corrected chi connectivity index (χ4v) is 5.48. The van der Waals surface area contributed by atoms with Gasteiger partial charge in [-0.3, -0.25) is 9.10 Å². The van der Waals surface area contributed by atoms with E-state index in [2.05, 4.69) is 12.2 Å². The molecule has 0 bridgehead atoms. The van der Waals surface area contributed by atoms with E-state index in [4.69, 9.17) is 9.47 Å². The van der Waals surface area contributed by atoms with Gasteiger partial charge < -0.3 is 14.8 Å². The van der Waals surface area contributed by atoms with Crippen LogP contribution in [0, 0.1) is 0 Å². The minimum absolute atomic E-state index is 0.113. The van der Waals surface area contributed by atoms with Crippen LogP contribution in [0.15, 0.2) is 82.6 Å². The summed E-state index contributed by atoms with van der Waals surface area (Å²) in [5.41, 5.74) is 1.62. The van der Waals surface area contributed by atoms with Gasteiger partial charge in [0, 0.05) is 4.90 Å². The molecule has 0 unspecified atom stereocenters. The number of amides is 1. The first-order chi connectivity index (χ1) is 17.9. The molecule has 0 fully saturated rings. The number of hydrogen-bond acceptors (Lipinski definition) is 6. The Hall–Kier alpha value is -3.17. The summed E-state index contributed by atoms with van der Waals surface area (Å²) in [5, 5.41) is 2.76. The van der Waals surface area contributed by atoms with Gasteiger partial charge in [-0.15, -0.1) is 11.8 Å². The van der Waals surface area contributed by atoms with E-state index in [1.54, 1.807) is 48.5 Å². The number of aryl methyl sites for hydroxylation is 1. The summed E-state index contributed by atoms with van der Waals surface area (Å²) >= 11 is 1.52. The van der Waals surface area contributed by atoms with Gasteiger partial charge >= 0.3 is 0 Å². The molecule has 0 aliphatic heterocycles. The van der Waals surface area contributed by atoms with E-state index in [1.165, 1.54) is 17.3 Å². The van der Waals surface area contributed by atoms with Gasteiger partial charge in [0.1, 0.15) is 24.7 Å². The Morgan fingerprint density at radius 3 is 2.11 bits per heavy atom. The highest BCUT2D eigenvalue weighted by molar-refractivity contribution is 7.98. The second-order valence-electron chi connectivity index (χ2n) is 8.21. The zero-order chi connectivity index (χ0) is 26.7. The van der Waals surface area contributed by atoms with Crippen LogP contribution in [0.2, 0.25) is 0 Å². The Kier molecular flexibility index (Phi) is 10.7. The molecule has 0 saturated heterocycles. The van der Waals surface area contributed by atoms with Crippen molar-refractivity contribution in [2.45, 2.75) is 36.5 Å². The summed E-state index contributed by atoms with van der Waals surface area (Å²) in [6.45, 7) is 4.65. The van der Waals surface area contributed by atoms with E-state index in [-0.39, 0.29) is 24.6 Å². The lowest BCUT2D eigenvalue weighted by molar-refractivity contribution is -0.119. The van der Waals surface area contributed by atoms with E-state index >= 15 is 0 Å². The SMILES string of the molecule is CCCc1ccc(OCCNC(=O)CN(c2ccc(OCC)cc2)S(=O)(=O)c2ccc(SC)cc2)cc1. The van der Waals surface area contributed by atoms with E-state index < -0.39 is 15.9 Å². The molecule has 3 aromatic rings. The van der Waals surface area contributed by atoms with Crippen LogP contribution in [-0.2, 0) is 21.2 Å². The third-order valence-electron chi connectivity index (χ3n) is 5.53. The predicted octanol–water partition coefficient (Wildman–Crippen LogP) is 5.15. The molecule has 1 N–H and O–H groups in total. The van der Waals surface area contributed by atoms with Crippen molar-refractivity contribution in [3.8, 4) is 11.5 Å². The second kappa shape index (κ2) is 13.9. The zero-order valence-corrected chi connectivity index (χ0v) is 23.1. The smallest absolute Gasteiger partial charge is 0.264 e. The Labute approximate surface area is 224 Å². The monoisotopic (exact) mass is 542 g/mol. The average Bonchev–Trinajstić information content (AvgIpc) is 2.91. The van der Waals surface area contributed by atoms with Crippen LogP contribution in [0.4, 0.5) is 5.69 Å². The Morgan fingerprint density at radius 1 is 0.892 bits per heavy atom. The first-order valence-electron chi connectivity index (χ1n) is 12.3. The summed E-state index contributed by atoms with van der Waals surface area (Å²) in [6, 6.07) is 21.1. The molecule has 1 amide bonds. The first-order valence-corrected chi connectivity index (χ1v) is 14.9. The largest absolute Gasteiger partial charge is 0.494 e. The lowest BCUT2D eigenvalue weighted by Gasteiger charge is -2.24. The lowest BCUT2D eigenvalue weighted by atomic mass is 10.1. The minimum atomic E-state index is -3.99. The van der Waals surface area contributed by atoms with Gasteiger partial charge in [-0.2, -0.15) is 0 Å². The fourth-order valence-electron chi connectivity index (χ4n) is 3.65. The molecule has 37 heavy (non-hydrogen) atoms. The lowest BCUT2D eigenvalue weighted by Crippen LogP contribution is -2.41. The number of nitrogens with one attached hydrogen (secondary N) is 1. The molecule has 198 valence electrons. The highest BCUT2D eigenvalue weighted by Gasteiger charge is 2.27. The van der Waals surface area contributed by atoms with Crippen molar-refractivity contribution < 1.29 is 22.7 Å². The van der Waals surface area contributed by atoms with Crippen molar-refractivity contribution in [1.82, 2.24) is 5.32 Å². The van der Waals surface area contributed by atoms with Crippen molar-refractivity contribution in [2.24, 2.45) is 0 Å². The molecule has 3 aromatic carbocycles. The van der Waals surface area contributed by atoms with Gasteiger partial charge in [0.15, 0.2) is 0 Å². The number of carbonyl (C=O) groups excluding carboxylic acids is 1. The standard InChI is InChI=1S/C28H34N2O5S2/c1-4-6-22-7-11-25(12-8-22)35-20-19-29-28(31)21-30(23-9-13-24(14-10-23)34-5-2)37(32,33)27-17-15-26(36-3)16-18-27/h7-18H,4-6,19-21H2,1-3H3,(H,29,31). The van der Waals surface area contributed by atoms with Crippen LogP contribution < -0.4 is 19.1 Å². The van der Waals surface area contributed by atoms with E-state index in [0.29, 0.717) is 18.0 Å². The molecule has 0 heterocycles. The predicted molar refractivity (Wildman–Crippen MR) is 149 cm³/mol. The number of benzene rings is 3. The molecule has 0 aliphatic rings. The van der Waals surface area contributed by atoms with Gasteiger partial charge in [0.05, 0.1) is 23.7 Å². The summed E-state index contributed by atoms with van der Waals surface area (Å²) in [4.78, 5) is 13.9. The highest BCUT2D eigenvalue weighted by Crippen LogP contribution is 2.27. The number of carbonyl (C=O) groups is 1. The Morgan fingerprint density at radius 2 is 1.51 bits per heavy atom. The topological polar surface area (TPSA) is 84.9 Å². The summed E-state index contributed by atoms with van der Waals surface area (Å²) in [6.07, 6.45) is 4.02. The molecule has 0 atom stereocenters. The van der Waals surface area contributed by atoms with Crippen molar-refractivity contribution in [2.75, 3.05) is 36.9 Å². The van der Waals surface area contributed by atoms with Crippen LogP contribution in [0.1, 0.15) is 25.8 Å². The van der Waals surface area contributed by atoms with E-state index in [0.717, 1.165) is 27.8 Å². The molecular formula is C28H34N2O5S2. The zero-order valence-electron chi connectivity index (χ0n) is 21.5. The summed E-state index contributed by atoms with van der Waals surface area (Å²) < 4.78 is 39.4. The normalized spacial score (nSPS) is 11.1. The minimum Gasteiger partial charge on any atom is -0.494 e. The maximum Gasteiger partial charge on any atom is 0.264 e. The van der Waals surface area contributed by atoms with Crippen LogP contribution in [-0.4, -0.2) is 46.9 Å². The Bertz CT molecular complexity index is 1230. The maximum atomic E-state index is 13.6. The number of nitrogens with zero attached hydrogens (tertiary/aromatic N) is 1. The molecule has 0 spiro atoms. The van der Waals surface area contributed by atoms with E-state index in [1.807, 2.05) is 37.4 Å². The van der Waals surface area contributed by atoms with Gasteiger partial charge in [-0.05, 0) is 85.8 Å². The summed E-state index contributed by atoms with van der Waals surface area (Å²) in [7, 11) is -3.99. The van der Waals surface area contributed by atoms with Crippen molar-refractivity contribution >= 4 is 33.4 Å². The molecule has 7 nitrogen and oxygen atoms in total. The number of rotatable bonds is 14. The number of anilines is 1. The van der Waals surface area contributed by atoms with Crippen molar-refractivity contribution in [3.05, 3.63) is 78.4 Å². The molecule has 0 aromatic heterocycles. The molecule has 3 rings (SSSR count). The average molecular weight is 543 g/mol. The van der Waals surface area contributed by atoms with Crippen LogP contribution in [0.5, 0.6) is 11.5 Å². The number of thioether (sulfide) groups is 1. The van der Waals surface area contributed by atoms with Gasteiger partial charge in [0.25, 0.3) is 10.0 Å². The van der Waals surface area contributed by atoms with Crippen LogP contribution >= 0.6 is 11.8 Å². The number of sulfonamides is 1. The first kappa shape index (κ1) is 28.4. The van der Waals surface area contributed by atoms with E-state index in [9.17, 15) is 13.2 Å². The highest BCUT2D eigenvalue weighted by atomic mass is 32.2. The second-order valence-corrected chi connectivity index (χ2v) is 10.9. The Balaban J connectivity index is 1.68. The van der Waals surface area contributed by atoms with Gasteiger partial charge in [-0.25, -0.2) is 8.42 Å². The van der Waals surface area contributed by atoms with Crippen LogP contribution in [0.3, 0.4) is 0 Å². The van der Waals surface area contributed by atoms with Gasteiger partial charge in [-0.1, -0.05) is 25.5 Å². The molecule has 9 heteroatoms.